The fourth-order valence-electron chi connectivity index (χ4n) is 2.27. The molecular formula is C18H18FNO4. The average Bonchev–Trinajstić information content (AvgIpc) is 2.56. The van der Waals surface area contributed by atoms with Gasteiger partial charge in [-0.25, -0.2) is 4.39 Å². The van der Waals surface area contributed by atoms with E-state index >= 15 is 0 Å². The number of nitrogens with one attached hydrogen (secondary N) is 1. The van der Waals surface area contributed by atoms with Crippen LogP contribution in [0.25, 0.3) is 0 Å². The van der Waals surface area contributed by atoms with Crippen LogP contribution in [0.2, 0.25) is 0 Å². The van der Waals surface area contributed by atoms with Crippen molar-refractivity contribution in [3.8, 4) is 5.75 Å². The number of benzene rings is 2. The number of hydrogen-bond donors (Lipinski definition) is 2. The van der Waals surface area contributed by atoms with E-state index in [1.165, 1.54) is 19.2 Å². The second-order valence-corrected chi connectivity index (χ2v) is 5.24. The molecular weight excluding hydrogens is 313 g/mol. The Morgan fingerprint density at radius 1 is 1.12 bits per heavy atom. The van der Waals surface area contributed by atoms with Gasteiger partial charge in [0.15, 0.2) is 0 Å². The summed E-state index contributed by atoms with van der Waals surface area (Å²) in [6.45, 7) is 0.372. The van der Waals surface area contributed by atoms with Crippen LogP contribution >= 0.6 is 0 Å². The number of methoxy groups -OCH3 is 1. The average molecular weight is 331 g/mol. The molecule has 0 aliphatic rings. The highest BCUT2D eigenvalue weighted by Gasteiger charge is 2.12. The molecule has 6 heteroatoms. The Bertz CT molecular complexity index is 728. The van der Waals surface area contributed by atoms with Gasteiger partial charge in [0.05, 0.1) is 19.1 Å². The standard InChI is InChI=1S/C18H18FNO4/c1-24-16-7-6-14(19)11-15(16)18(23)20-9-8-12-2-4-13(5-3-12)10-17(21)22/h2-7,11H,8-10H2,1H3,(H,20,23)(H,21,22). The van der Waals surface area contributed by atoms with Crippen molar-refractivity contribution in [3.63, 3.8) is 0 Å². The van der Waals surface area contributed by atoms with E-state index in [9.17, 15) is 14.0 Å². The number of carbonyl (C=O) groups is 2. The van der Waals surface area contributed by atoms with E-state index in [4.69, 9.17) is 9.84 Å². The van der Waals surface area contributed by atoms with Gasteiger partial charge in [-0.1, -0.05) is 24.3 Å². The first-order chi connectivity index (χ1) is 11.5. The Balaban J connectivity index is 1.91. The summed E-state index contributed by atoms with van der Waals surface area (Å²) in [6, 6.07) is 10.9. The van der Waals surface area contributed by atoms with Crippen molar-refractivity contribution in [1.29, 1.82) is 0 Å². The molecule has 1 amide bonds. The minimum Gasteiger partial charge on any atom is -0.496 e. The summed E-state index contributed by atoms with van der Waals surface area (Å²) in [4.78, 5) is 22.7. The fourth-order valence-corrected chi connectivity index (χ4v) is 2.27. The highest BCUT2D eigenvalue weighted by Crippen LogP contribution is 2.19. The molecule has 0 aliphatic carbocycles. The predicted octanol–water partition coefficient (Wildman–Crippen LogP) is 2.43. The first-order valence-electron chi connectivity index (χ1n) is 7.41. The molecule has 0 unspecified atom stereocenters. The smallest absolute Gasteiger partial charge is 0.307 e. The van der Waals surface area contributed by atoms with E-state index < -0.39 is 17.7 Å². The SMILES string of the molecule is COc1ccc(F)cc1C(=O)NCCc1ccc(CC(=O)O)cc1. The minimum atomic E-state index is -0.876. The molecule has 2 aromatic rings. The molecule has 0 radical (unpaired) electrons. The van der Waals surface area contributed by atoms with Crippen molar-refractivity contribution in [3.05, 3.63) is 65.0 Å². The van der Waals surface area contributed by atoms with Crippen LogP contribution in [0.1, 0.15) is 21.5 Å². The highest BCUT2D eigenvalue weighted by atomic mass is 19.1. The normalized spacial score (nSPS) is 10.2. The Morgan fingerprint density at radius 3 is 2.42 bits per heavy atom. The van der Waals surface area contributed by atoms with Gasteiger partial charge in [-0.2, -0.15) is 0 Å². The molecule has 0 bridgehead atoms. The number of hydrogen-bond acceptors (Lipinski definition) is 3. The van der Waals surface area contributed by atoms with Gasteiger partial charge in [-0.3, -0.25) is 9.59 Å². The van der Waals surface area contributed by atoms with Gasteiger partial charge in [0.1, 0.15) is 11.6 Å². The van der Waals surface area contributed by atoms with Crippen LogP contribution in [0.5, 0.6) is 5.75 Å². The number of carbonyl (C=O) groups excluding carboxylic acids is 1. The summed E-state index contributed by atoms with van der Waals surface area (Å²) >= 11 is 0. The third-order valence-corrected chi connectivity index (χ3v) is 3.48. The first-order valence-corrected chi connectivity index (χ1v) is 7.41. The van der Waals surface area contributed by atoms with Crippen LogP contribution < -0.4 is 10.1 Å². The molecule has 0 aliphatic heterocycles. The molecule has 2 aromatic carbocycles. The summed E-state index contributed by atoms with van der Waals surface area (Å²) in [5.41, 5.74) is 1.84. The minimum absolute atomic E-state index is 0.0175. The number of halogens is 1. The summed E-state index contributed by atoms with van der Waals surface area (Å²) in [5.74, 6) is -1.48. The highest BCUT2D eigenvalue weighted by molar-refractivity contribution is 5.96. The molecule has 0 aromatic heterocycles. The van der Waals surface area contributed by atoms with E-state index in [0.717, 1.165) is 17.2 Å². The lowest BCUT2D eigenvalue weighted by atomic mass is 10.1. The van der Waals surface area contributed by atoms with Crippen molar-refractivity contribution in [2.24, 2.45) is 0 Å². The maximum Gasteiger partial charge on any atom is 0.307 e. The lowest BCUT2D eigenvalue weighted by Crippen LogP contribution is -2.26. The van der Waals surface area contributed by atoms with Crippen molar-refractivity contribution in [2.45, 2.75) is 12.8 Å². The van der Waals surface area contributed by atoms with E-state index in [-0.39, 0.29) is 12.0 Å². The number of carboxylic acids is 1. The Morgan fingerprint density at radius 2 is 1.79 bits per heavy atom. The van der Waals surface area contributed by atoms with Gasteiger partial charge in [0, 0.05) is 6.54 Å². The lowest BCUT2D eigenvalue weighted by Gasteiger charge is -2.09. The second kappa shape index (κ2) is 8.10. The Hall–Kier alpha value is -2.89. The van der Waals surface area contributed by atoms with Crippen LogP contribution in [-0.4, -0.2) is 30.6 Å². The van der Waals surface area contributed by atoms with Crippen molar-refractivity contribution in [2.75, 3.05) is 13.7 Å². The first kappa shape index (κ1) is 17.5. The number of carboxylic acid groups (broad SMARTS) is 1. The van der Waals surface area contributed by atoms with Crippen LogP contribution in [0.15, 0.2) is 42.5 Å². The summed E-state index contributed by atoms with van der Waals surface area (Å²) < 4.78 is 18.3. The molecule has 0 heterocycles. The second-order valence-electron chi connectivity index (χ2n) is 5.24. The summed E-state index contributed by atoms with van der Waals surface area (Å²) in [5, 5.41) is 11.4. The molecule has 0 saturated heterocycles. The molecule has 0 fully saturated rings. The van der Waals surface area contributed by atoms with Crippen molar-refractivity contribution in [1.82, 2.24) is 5.32 Å². The maximum atomic E-state index is 13.3. The lowest BCUT2D eigenvalue weighted by molar-refractivity contribution is -0.136. The number of rotatable bonds is 7. The summed E-state index contributed by atoms with van der Waals surface area (Å²) in [7, 11) is 1.42. The topological polar surface area (TPSA) is 75.6 Å². The molecule has 126 valence electrons. The zero-order valence-corrected chi connectivity index (χ0v) is 13.2. The van der Waals surface area contributed by atoms with Crippen molar-refractivity contribution >= 4 is 11.9 Å². The molecule has 0 saturated carbocycles. The molecule has 2 N–H and O–H groups in total. The van der Waals surface area contributed by atoms with Gasteiger partial charge in [-0.15, -0.1) is 0 Å². The van der Waals surface area contributed by atoms with E-state index in [1.54, 1.807) is 12.1 Å². The molecule has 2 rings (SSSR count). The zero-order valence-electron chi connectivity index (χ0n) is 13.2. The Labute approximate surface area is 139 Å². The van der Waals surface area contributed by atoms with Gasteiger partial charge < -0.3 is 15.2 Å². The quantitative estimate of drug-likeness (QED) is 0.817. The van der Waals surface area contributed by atoms with Crippen LogP contribution in [-0.2, 0) is 17.6 Å². The Kier molecular flexibility index (Phi) is 5.89. The largest absolute Gasteiger partial charge is 0.496 e. The zero-order chi connectivity index (χ0) is 17.5. The van der Waals surface area contributed by atoms with Gasteiger partial charge in [0.2, 0.25) is 0 Å². The van der Waals surface area contributed by atoms with Gasteiger partial charge in [-0.05, 0) is 35.7 Å². The number of aliphatic carboxylic acids is 1. The monoisotopic (exact) mass is 331 g/mol. The van der Waals surface area contributed by atoms with E-state index in [2.05, 4.69) is 5.32 Å². The van der Waals surface area contributed by atoms with Crippen molar-refractivity contribution < 1.29 is 23.8 Å². The molecule has 0 spiro atoms. The van der Waals surface area contributed by atoms with Gasteiger partial charge >= 0.3 is 5.97 Å². The molecule has 5 nitrogen and oxygen atoms in total. The molecule has 24 heavy (non-hydrogen) atoms. The third kappa shape index (κ3) is 4.81. The number of ether oxygens (including phenoxy) is 1. The molecule has 0 atom stereocenters. The predicted molar refractivity (Wildman–Crippen MR) is 86.8 cm³/mol. The van der Waals surface area contributed by atoms with Crippen LogP contribution in [0.3, 0.4) is 0 Å². The summed E-state index contributed by atoms with van der Waals surface area (Å²) in [6.07, 6.45) is 0.563. The van der Waals surface area contributed by atoms with Gasteiger partial charge in [0.25, 0.3) is 5.91 Å². The van der Waals surface area contributed by atoms with Crippen LogP contribution in [0.4, 0.5) is 4.39 Å². The maximum absolute atomic E-state index is 13.3. The van der Waals surface area contributed by atoms with E-state index in [0.29, 0.717) is 18.7 Å². The fraction of sp³-hybridized carbons (Fsp3) is 0.222. The third-order valence-electron chi connectivity index (χ3n) is 3.48. The van der Waals surface area contributed by atoms with E-state index in [1.807, 2.05) is 12.1 Å². The number of amides is 1. The van der Waals surface area contributed by atoms with Crippen LogP contribution in [0, 0.1) is 5.82 Å².